The molecule has 2 rings (SSSR count). The van der Waals surface area contributed by atoms with Gasteiger partial charge in [0.05, 0.1) is 10.8 Å². The number of likely N-dealkylation sites (tertiary alicyclic amines) is 1. The van der Waals surface area contributed by atoms with Crippen molar-refractivity contribution in [2.24, 2.45) is 10.8 Å². The Morgan fingerprint density at radius 2 is 2.00 bits per heavy atom. The number of amides is 1. The minimum absolute atomic E-state index is 0.140. The number of aliphatic carboxylic acids is 1. The lowest BCUT2D eigenvalue weighted by atomic mass is 9.66. The van der Waals surface area contributed by atoms with Gasteiger partial charge in [0.25, 0.3) is 0 Å². The maximum absolute atomic E-state index is 12.6. The third kappa shape index (κ3) is 2.48. The highest BCUT2D eigenvalue weighted by atomic mass is 16.5. The van der Waals surface area contributed by atoms with Gasteiger partial charge in [0, 0.05) is 26.8 Å². The first-order valence-electron chi connectivity index (χ1n) is 6.95. The van der Waals surface area contributed by atoms with E-state index in [2.05, 4.69) is 0 Å². The molecule has 1 saturated carbocycles. The fourth-order valence-corrected chi connectivity index (χ4v) is 3.12. The Labute approximate surface area is 113 Å². The topological polar surface area (TPSA) is 66.8 Å². The molecule has 0 spiro atoms. The highest BCUT2D eigenvalue weighted by Gasteiger charge is 2.50. The van der Waals surface area contributed by atoms with E-state index in [-0.39, 0.29) is 11.3 Å². The van der Waals surface area contributed by atoms with Gasteiger partial charge in [-0.1, -0.05) is 6.42 Å². The first-order chi connectivity index (χ1) is 8.93. The predicted molar refractivity (Wildman–Crippen MR) is 69.7 cm³/mol. The molecule has 2 aliphatic rings. The van der Waals surface area contributed by atoms with Crippen molar-refractivity contribution in [2.45, 2.75) is 39.0 Å². The summed E-state index contributed by atoms with van der Waals surface area (Å²) in [6.07, 6.45) is 4.21. The third-order valence-corrected chi connectivity index (χ3v) is 4.83. The predicted octanol–water partition coefficient (Wildman–Crippen LogP) is 1.52. The zero-order valence-electron chi connectivity index (χ0n) is 11.8. The van der Waals surface area contributed by atoms with Gasteiger partial charge < -0.3 is 14.7 Å². The van der Waals surface area contributed by atoms with Crippen LogP contribution in [-0.2, 0) is 14.3 Å². The molecule has 1 unspecified atom stereocenters. The van der Waals surface area contributed by atoms with Crippen molar-refractivity contribution in [3.05, 3.63) is 0 Å². The number of nitrogens with zero attached hydrogens (tertiary/aromatic N) is 1. The number of hydrogen-bond acceptors (Lipinski definition) is 3. The van der Waals surface area contributed by atoms with Gasteiger partial charge in [-0.25, -0.2) is 0 Å². The molecule has 1 atom stereocenters. The van der Waals surface area contributed by atoms with E-state index in [1.807, 2.05) is 0 Å². The SMILES string of the molecule is COCCC1(C(=O)N2CCC(C)(C(=O)O)C2)CCC1. The zero-order valence-corrected chi connectivity index (χ0v) is 11.8. The van der Waals surface area contributed by atoms with Crippen LogP contribution in [0.25, 0.3) is 0 Å². The molecule has 0 aromatic carbocycles. The normalized spacial score (nSPS) is 29.1. The molecule has 0 aromatic rings. The largest absolute Gasteiger partial charge is 0.481 e. The van der Waals surface area contributed by atoms with Crippen molar-refractivity contribution in [3.8, 4) is 0 Å². The minimum Gasteiger partial charge on any atom is -0.481 e. The number of carboxylic acids is 1. The number of carbonyl (C=O) groups excluding carboxylic acids is 1. The van der Waals surface area contributed by atoms with E-state index < -0.39 is 11.4 Å². The maximum atomic E-state index is 12.6. The Morgan fingerprint density at radius 1 is 1.32 bits per heavy atom. The van der Waals surface area contributed by atoms with Crippen LogP contribution in [0.3, 0.4) is 0 Å². The van der Waals surface area contributed by atoms with Crippen LogP contribution >= 0.6 is 0 Å². The van der Waals surface area contributed by atoms with Crippen LogP contribution in [0.5, 0.6) is 0 Å². The molecule has 5 heteroatoms. The molecule has 0 radical (unpaired) electrons. The smallest absolute Gasteiger partial charge is 0.311 e. The Balaban J connectivity index is 2.02. The number of carbonyl (C=O) groups is 2. The van der Waals surface area contributed by atoms with E-state index >= 15 is 0 Å². The Kier molecular flexibility index (Phi) is 3.85. The van der Waals surface area contributed by atoms with Gasteiger partial charge in [0.15, 0.2) is 0 Å². The van der Waals surface area contributed by atoms with Crippen molar-refractivity contribution >= 4 is 11.9 Å². The summed E-state index contributed by atoms with van der Waals surface area (Å²) in [4.78, 5) is 25.6. The molecule has 2 fully saturated rings. The van der Waals surface area contributed by atoms with Crippen molar-refractivity contribution in [3.63, 3.8) is 0 Å². The van der Waals surface area contributed by atoms with Gasteiger partial charge >= 0.3 is 5.97 Å². The van der Waals surface area contributed by atoms with Crippen LogP contribution in [0.1, 0.15) is 39.0 Å². The zero-order chi connectivity index (χ0) is 14.1. The van der Waals surface area contributed by atoms with Crippen molar-refractivity contribution in [2.75, 3.05) is 26.8 Å². The molecule has 1 aliphatic carbocycles. The van der Waals surface area contributed by atoms with Gasteiger partial charge in [-0.3, -0.25) is 9.59 Å². The Bertz CT molecular complexity index is 378. The van der Waals surface area contributed by atoms with E-state index in [0.717, 1.165) is 25.7 Å². The van der Waals surface area contributed by atoms with Crippen molar-refractivity contribution in [1.82, 2.24) is 4.90 Å². The highest BCUT2D eigenvalue weighted by Crippen LogP contribution is 2.47. The minimum atomic E-state index is -0.803. The number of carboxylic acid groups (broad SMARTS) is 1. The summed E-state index contributed by atoms with van der Waals surface area (Å²) in [5.41, 5.74) is -1.05. The van der Waals surface area contributed by atoms with Crippen LogP contribution in [0.15, 0.2) is 0 Å². The molecule has 0 aromatic heterocycles. The third-order valence-electron chi connectivity index (χ3n) is 4.83. The van der Waals surface area contributed by atoms with E-state index in [4.69, 9.17) is 4.74 Å². The van der Waals surface area contributed by atoms with E-state index in [1.165, 1.54) is 0 Å². The lowest BCUT2D eigenvalue weighted by molar-refractivity contribution is -0.151. The lowest BCUT2D eigenvalue weighted by Gasteiger charge is -2.43. The standard InChI is InChI=1S/C14H23NO4/c1-13(12(17)18)6-8-15(10-13)11(16)14(4-3-5-14)7-9-19-2/h3-10H2,1-2H3,(H,17,18). The highest BCUT2D eigenvalue weighted by molar-refractivity contribution is 5.85. The van der Waals surface area contributed by atoms with E-state index in [1.54, 1.807) is 18.9 Å². The molecule has 0 bridgehead atoms. The number of hydrogen-bond donors (Lipinski definition) is 1. The molecule has 1 heterocycles. The van der Waals surface area contributed by atoms with Crippen LogP contribution in [0, 0.1) is 10.8 Å². The van der Waals surface area contributed by atoms with Gasteiger partial charge in [-0.05, 0) is 32.6 Å². The molecule has 1 N–H and O–H groups in total. The first kappa shape index (κ1) is 14.3. The number of ether oxygens (including phenoxy) is 1. The lowest BCUT2D eigenvalue weighted by Crippen LogP contribution is -2.48. The van der Waals surface area contributed by atoms with Crippen LogP contribution < -0.4 is 0 Å². The summed E-state index contributed by atoms with van der Waals surface area (Å²) in [7, 11) is 1.65. The fraction of sp³-hybridized carbons (Fsp3) is 0.857. The molecular weight excluding hydrogens is 246 g/mol. The summed E-state index contributed by atoms with van der Waals surface area (Å²) in [5.74, 6) is -0.664. The van der Waals surface area contributed by atoms with Crippen LogP contribution in [-0.4, -0.2) is 48.7 Å². The second kappa shape index (κ2) is 5.12. The van der Waals surface area contributed by atoms with Crippen molar-refractivity contribution < 1.29 is 19.4 Å². The van der Waals surface area contributed by atoms with Gasteiger partial charge in [-0.15, -0.1) is 0 Å². The average Bonchev–Trinajstić information content (AvgIpc) is 2.72. The quantitative estimate of drug-likeness (QED) is 0.821. The summed E-state index contributed by atoms with van der Waals surface area (Å²) in [6, 6.07) is 0. The summed E-state index contributed by atoms with van der Waals surface area (Å²) in [5, 5.41) is 9.23. The Hall–Kier alpha value is -1.10. The molecule has 19 heavy (non-hydrogen) atoms. The van der Waals surface area contributed by atoms with Gasteiger partial charge in [0.2, 0.25) is 5.91 Å². The average molecular weight is 269 g/mol. The molecule has 1 saturated heterocycles. The molecule has 108 valence electrons. The van der Waals surface area contributed by atoms with Gasteiger partial charge in [0.1, 0.15) is 0 Å². The summed E-state index contributed by atoms with van der Waals surface area (Å²) < 4.78 is 5.10. The number of methoxy groups -OCH3 is 1. The van der Waals surface area contributed by atoms with Crippen molar-refractivity contribution in [1.29, 1.82) is 0 Å². The molecule has 1 aliphatic heterocycles. The monoisotopic (exact) mass is 269 g/mol. The summed E-state index contributed by atoms with van der Waals surface area (Å²) in [6.45, 7) is 3.23. The maximum Gasteiger partial charge on any atom is 0.311 e. The second-order valence-corrected chi connectivity index (χ2v) is 6.22. The molecule has 5 nitrogen and oxygen atoms in total. The van der Waals surface area contributed by atoms with E-state index in [0.29, 0.717) is 26.1 Å². The van der Waals surface area contributed by atoms with E-state index in [9.17, 15) is 14.7 Å². The second-order valence-electron chi connectivity index (χ2n) is 6.22. The van der Waals surface area contributed by atoms with Crippen LogP contribution in [0.2, 0.25) is 0 Å². The molecular formula is C14H23NO4. The summed E-state index contributed by atoms with van der Waals surface area (Å²) >= 11 is 0. The molecule has 1 amide bonds. The number of rotatable bonds is 5. The Morgan fingerprint density at radius 3 is 2.42 bits per heavy atom. The van der Waals surface area contributed by atoms with Crippen LogP contribution in [0.4, 0.5) is 0 Å². The first-order valence-corrected chi connectivity index (χ1v) is 6.95. The van der Waals surface area contributed by atoms with Gasteiger partial charge in [-0.2, -0.15) is 0 Å². The fourth-order valence-electron chi connectivity index (χ4n) is 3.12.